The van der Waals surface area contributed by atoms with Crippen LogP contribution in [0, 0.1) is 27.7 Å². The minimum atomic E-state index is 0.0759. The smallest absolute Gasteiger partial charge is 0.257 e. The van der Waals surface area contributed by atoms with Gasteiger partial charge in [0.05, 0.1) is 17.8 Å². The highest BCUT2D eigenvalue weighted by Crippen LogP contribution is 2.23. The van der Waals surface area contributed by atoms with Crippen LogP contribution in [0.2, 0.25) is 0 Å². The normalized spacial score (nSPS) is 16.1. The Morgan fingerprint density at radius 2 is 1.83 bits per heavy atom. The summed E-state index contributed by atoms with van der Waals surface area (Å²) in [6, 6.07) is 1.96. The summed E-state index contributed by atoms with van der Waals surface area (Å²) >= 11 is 0. The van der Waals surface area contributed by atoms with Gasteiger partial charge in [0.1, 0.15) is 11.5 Å². The number of piperazine rings is 1. The van der Waals surface area contributed by atoms with Crippen LogP contribution in [0.25, 0.3) is 0 Å². The first kappa shape index (κ1) is 15.8. The van der Waals surface area contributed by atoms with E-state index in [-0.39, 0.29) is 5.91 Å². The van der Waals surface area contributed by atoms with Gasteiger partial charge in [0.25, 0.3) is 5.91 Å². The second-order valence-electron chi connectivity index (χ2n) is 6.22. The Labute approximate surface area is 136 Å². The maximum absolute atomic E-state index is 12.7. The average molecular weight is 317 g/mol. The summed E-state index contributed by atoms with van der Waals surface area (Å²) in [5, 5.41) is 3.91. The Balaban J connectivity index is 1.61. The van der Waals surface area contributed by atoms with Crippen molar-refractivity contribution in [3.05, 3.63) is 40.2 Å². The lowest BCUT2D eigenvalue weighted by atomic mass is 10.1. The lowest BCUT2D eigenvalue weighted by molar-refractivity contribution is 0.0615. The Morgan fingerprint density at radius 1 is 1.13 bits per heavy atom. The van der Waals surface area contributed by atoms with Crippen molar-refractivity contribution in [2.45, 2.75) is 34.2 Å². The van der Waals surface area contributed by atoms with Crippen LogP contribution in [-0.2, 0) is 6.54 Å². The zero-order chi connectivity index (χ0) is 16.6. The number of furan rings is 1. The van der Waals surface area contributed by atoms with E-state index in [0.29, 0.717) is 5.76 Å². The summed E-state index contributed by atoms with van der Waals surface area (Å²) < 4.78 is 10.8. The van der Waals surface area contributed by atoms with E-state index >= 15 is 0 Å². The number of rotatable bonds is 3. The number of hydrogen-bond acceptors (Lipinski definition) is 5. The lowest BCUT2D eigenvalue weighted by Gasteiger charge is -2.34. The van der Waals surface area contributed by atoms with Gasteiger partial charge in [0.2, 0.25) is 0 Å². The number of aromatic nitrogens is 1. The Hall–Kier alpha value is -2.08. The van der Waals surface area contributed by atoms with Crippen LogP contribution >= 0.6 is 0 Å². The van der Waals surface area contributed by atoms with Crippen LogP contribution in [0.1, 0.15) is 38.9 Å². The van der Waals surface area contributed by atoms with Gasteiger partial charge in [-0.1, -0.05) is 5.16 Å². The standard InChI is InChI=1S/C17H23N3O3/c1-11-9-15(23-18-11)10-19-5-7-20(8-6-19)17(21)16-12(2)13(3)22-14(16)4/h9H,5-8,10H2,1-4H3. The second-order valence-corrected chi connectivity index (χ2v) is 6.22. The van der Waals surface area contributed by atoms with Gasteiger partial charge in [0.15, 0.2) is 5.76 Å². The summed E-state index contributed by atoms with van der Waals surface area (Å²) in [6.07, 6.45) is 0. The topological polar surface area (TPSA) is 62.7 Å². The van der Waals surface area contributed by atoms with Crippen LogP contribution in [-0.4, -0.2) is 47.0 Å². The molecular formula is C17H23N3O3. The average Bonchev–Trinajstić information content (AvgIpc) is 3.03. The third-order valence-electron chi connectivity index (χ3n) is 4.49. The quantitative estimate of drug-likeness (QED) is 0.870. The molecule has 1 aliphatic rings. The Kier molecular flexibility index (Phi) is 4.26. The molecule has 3 rings (SSSR count). The lowest BCUT2D eigenvalue weighted by Crippen LogP contribution is -2.48. The number of aryl methyl sites for hydroxylation is 3. The minimum absolute atomic E-state index is 0.0759. The maximum atomic E-state index is 12.7. The molecule has 2 aromatic rings. The maximum Gasteiger partial charge on any atom is 0.257 e. The first-order valence-electron chi connectivity index (χ1n) is 7.96. The molecule has 0 unspecified atom stereocenters. The molecule has 0 aliphatic carbocycles. The molecule has 0 saturated carbocycles. The Bertz CT molecular complexity index is 709. The SMILES string of the molecule is Cc1cc(CN2CCN(C(=O)c3c(C)oc(C)c3C)CC2)on1. The molecule has 1 aliphatic heterocycles. The number of nitrogens with zero attached hydrogens (tertiary/aromatic N) is 3. The highest BCUT2D eigenvalue weighted by Gasteiger charge is 2.27. The molecule has 6 nitrogen and oxygen atoms in total. The van der Waals surface area contributed by atoms with Crippen molar-refractivity contribution >= 4 is 5.91 Å². The number of amides is 1. The van der Waals surface area contributed by atoms with E-state index in [2.05, 4.69) is 10.1 Å². The van der Waals surface area contributed by atoms with Gasteiger partial charge in [-0.3, -0.25) is 9.69 Å². The molecule has 23 heavy (non-hydrogen) atoms. The highest BCUT2D eigenvalue weighted by atomic mass is 16.5. The van der Waals surface area contributed by atoms with E-state index in [1.54, 1.807) is 0 Å². The fourth-order valence-corrected chi connectivity index (χ4v) is 3.09. The van der Waals surface area contributed by atoms with E-state index in [1.165, 1.54) is 0 Å². The molecule has 0 atom stereocenters. The predicted octanol–water partition coefficient (Wildman–Crippen LogP) is 2.46. The zero-order valence-electron chi connectivity index (χ0n) is 14.2. The molecule has 0 N–H and O–H groups in total. The van der Waals surface area contributed by atoms with E-state index in [4.69, 9.17) is 8.94 Å². The number of carbonyl (C=O) groups is 1. The molecule has 0 bridgehead atoms. The van der Waals surface area contributed by atoms with Crippen molar-refractivity contribution < 1.29 is 13.7 Å². The van der Waals surface area contributed by atoms with Crippen LogP contribution in [0.15, 0.2) is 15.0 Å². The highest BCUT2D eigenvalue weighted by molar-refractivity contribution is 5.97. The molecule has 1 amide bonds. The van der Waals surface area contributed by atoms with Crippen molar-refractivity contribution in [2.24, 2.45) is 0 Å². The molecule has 0 spiro atoms. The molecule has 1 fully saturated rings. The Morgan fingerprint density at radius 3 is 2.35 bits per heavy atom. The fraction of sp³-hybridized carbons (Fsp3) is 0.529. The van der Waals surface area contributed by atoms with Gasteiger partial charge in [-0.25, -0.2) is 0 Å². The van der Waals surface area contributed by atoms with Crippen LogP contribution in [0.3, 0.4) is 0 Å². The molecule has 2 aromatic heterocycles. The first-order valence-corrected chi connectivity index (χ1v) is 7.96. The third kappa shape index (κ3) is 3.17. The van der Waals surface area contributed by atoms with E-state index in [1.807, 2.05) is 38.7 Å². The van der Waals surface area contributed by atoms with Crippen molar-refractivity contribution in [3.8, 4) is 0 Å². The van der Waals surface area contributed by atoms with Gasteiger partial charge in [-0.2, -0.15) is 0 Å². The second kappa shape index (κ2) is 6.20. The van der Waals surface area contributed by atoms with Crippen LogP contribution in [0.5, 0.6) is 0 Å². The fourth-order valence-electron chi connectivity index (χ4n) is 3.09. The van der Waals surface area contributed by atoms with Crippen molar-refractivity contribution in [1.82, 2.24) is 15.0 Å². The molecule has 124 valence electrons. The summed E-state index contributed by atoms with van der Waals surface area (Å²) in [6.45, 7) is 11.5. The molecule has 3 heterocycles. The van der Waals surface area contributed by atoms with Crippen molar-refractivity contribution in [1.29, 1.82) is 0 Å². The minimum Gasteiger partial charge on any atom is -0.466 e. The number of carbonyl (C=O) groups excluding carboxylic acids is 1. The van der Waals surface area contributed by atoms with Gasteiger partial charge in [0, 0.05) is 37.8 Å². The predicted molar refractivity (Wildman–Crippen MR) is 85.3 cm³/mol. The van der Waals surface area contributed by atoms with Gasteiger partial charge < -0.3 is 13.8 Å². The molecule has 1 saturated heterocycles. The van der Waals surface area contributed by atoms with Crippen LogP contribution in [0.4, 0.5) is 0 Å². The third-order valence-corrected chi connectivity index (χ3v) is 4.49. The van der Waals surface area contributed by atoms with Crippen molar-refractivity contribution in [3.63, 3.8) is 0 Å². The van der Waals surface area contributed by atoms with Crippen LogP contribution < -0.4 is 0 Å². The van der Waals surface area contributed by atoms with Gasteiger partial charge >= 0.3 is 0 Å². The molecule has 0 radical (unpaired) electrons. The number of hydrogen-bond donors (Lipinski definition) is 0. The molecular weight excluding hydrogens is 294 g/mol. The molecule has 0 aromatic carbocycles. The first-order chi connectivity index (χ1) is 11.0. The van der Waals surface area contributed by atoms with E-state index in [9.17, 15) is 4.79 Å². The summed E-state index contributed by atoms with van der Waals surface area (Å²) in [5.41, 5.74) is 2.57. The monoisotopic (exact) mass is 317 g/mol. The molecule has 6 heteroatoms. The van der Waals surface area contributed by atoms with Gasteiger partial charge in [-0.05, 0) is 27.7 Å². The summed E-state index contributed by atoms with van der Waals surface area (Å²) in [7, 11) is 0. The van der Waals surface area contributed by atoms with Gasteiger partial charge in [-0.15, -0.1) is 0 Å². The largest absolute Gasteiger partial charge is 0.466 e. The zero-order valence-corrected chi connectivity index (χ0v) is 14.2. The van der Waals surface area contributed by atoms with Crippen molar-refractivity contribution in [2.75, 3.05) is 26.2 Å². The van der Waals surface area contributed by atoms with E-state index < -0.39 is 0 Å². The summed E-state index contributed by atoms with van der Waals surface area (Å²) in [5.74, 6) is 2.49. The van der Waals surface area contributed by atoms with E-state index in [0.717, 1.165) is 61.1 Å². The summed E-state index contributed by atoms with van der Waals surface area (Å²) in [4.78, 5) is 16.9.